The predicted molar refractivity (Wildman–Crippen MR) is 166 cm³/mol. The first-order valence-corrected chi connectivity index (χ1v) is 15.7. The minimum atomic E-state index is -4.12. The van der Waals surface area contributed by atoms with Crippen LogP contribution in [0.25, 0.3) is 0 Å². The Morgan fingerprint density at radius 1 is 1.09 bits per heavy atom. The summed E-state index contributed by atoms with van der Waals surface area (Å²) in [7, 11) is -2.64. The Kier molecular flexibility index (Phi) is 11.1. The molecule has 228 valence electrons. The Balaban J connectivity index is 1.35. The van der Waals surface area contributed by atoms with Crippen molar-refractivity contribution in [2.45, 2.75) is 30.8 Å². The van der Waals surface area contributed by atoms with Gasteiger partial charge < -0.3 is 19.5 Å². The van der Waals surface area contributed by atoms with Crippen molar-refractivity contribution in [3.05, 3.63) is 82.3 Å². The van der Waals surface area contributed by atoms with Crippen molar-refractivity contribution in [2.75, 3.05) is 37.7 Å². The van der Waals surface area contributed by atoms with E-state index in [0.717, 1.165) is 29.3 Å². The van der Waals surface area contributed by atoms with Gasteiger partial charge in [0, 0.05) is 13.2 Å². The first-order chi connectivity index (χ1) is 20.7. The molecule has 3 aromatic rings. The van der Waals surface area contributed by atoms with Crippen molar-refractivity contribution in [1.82, 2.24) is 10.7 Å². The summed E-state index contributed by atoms with van der Waals surface area (Å²) in [6.07, 6.45) is 3.43. The normalized spacial score (nSPS) is 14.8. The molecule has 2 N–H and O–H groups in total. The fourth-order valence-corrected chi connectivity index (χ4v) is 6.33. The highest BCUT2D eigenvalue weighted by Crippen LogP contribution is 2.30. The molecule has 11 nitrogen and oxygen atoms in total. The number of rotatable bonds is 13. The number of carbonyl (C=O) groups is 2. The average Bonchev–Trinajstić information content (AvgIpc) is 3.53. The molecule has 0 saturated carbocycles. The zero-order valence-corrected chi connectivity index (χ0v) is 26.2. The van der Waals surface area contributed by atoms with Gasteiger partial charge in [0.1, 0.15) is 18.0 Å². The summed E-state index contributed by atoms with van der Waals surface area (Å²) in [6, 6.07) is 18.0. The first-order valence-electron chi connectivity index (χ1n) is 13.5. The number of methoxy groups -OCH3 is 1. The third-order valence-corrected chi connectivity index (χ3v) is 8.91. The maximum atomic E-state index is 13.6. The zero-order chi connectivity index (χ0) is 30.8. The van der Waals surface area contributed by atoms with Crippen LogP contribution < -0.4 is 24.5 Å². The number of sulfonamides is 1. The molecule has 0 aromatic heterocycles. The summed E-state index contributed by atoms with van der Waals surface area (Å²) in [5, 5.41) is 6.77. The smallest absolute Gasteiger partial charge is 0.264 e. The highest BCUT2D eigenvalue weighted by Gasteiger charge is 2.28. The van der Waals surface area contributed by atoms with Crippen LogP contribution in [0.2, 0.25) is 0 Å². The van der Waals surface area contributed by atoms with Crippen molar-refractivity contribution in [3.8, 4) is 11.5 Å². The van der Waals surface area contributed by atoms with E-state index in [-0.39, 0.29) is 23.5 Å². The van der Waals surface area contributed by atoms with Gasteiger partial charge in [-0.25, -0.2) is 13.8 Å². The molecule has 0 spiro atoms. The largest absolute Gasteiger partial charge is 0.496 e. The number of amides is 2. The fourth-order valence-electron chi connectivity index (χ4n) is 4.19. The fraction of sp³-hybridized carbons (Fsp3) is 0.300. The van der Waals surface area contributed by atoms with Crippen LogP contribution in [0.5, 0.6) is 11.5 Å². The Hall–Kier alpha value is -3.94. The lowest BCUT2D eigenvalue weighted by Crippen LogP contribution is -2.39. The van der Waals surface area contributed by atoms with Gasteiger partial charge in [-0.1, -0.05) is 17.7 Å². The Labute approximate surface area is 259 Å². The van der Waals surface area contributed by atoms with E-state index in [0.29, 0.717) is 33.8 Å². The number of halogens is 1. The molecule has 13 heteroatoms. The lowest BCUT2D eigenvalue weighted by Gasteiger charge is -2.24. The number of aryl methyl sites for hydroxylation is 1. The number of nitrogens with zero attached hydrogens (tertiary/aromatic N) is 2. The molecule has 0 aliphatic carbocycles. The monoisotopic (exact) mass is 672 g/mol. The van der Waals surface area contributed by atoms with E-state index in [2.05, 4.69) is 31.8 Å². The second-order valence-corrected chi connectivity index (χ2v) is 12.5. The van der Waals surface area contributed by atoms with Crippen molar-refractivity contribution in [1.29, 1.82) is 0 Å². The van der Waals surface area contributed by atoms with E-state index in [1.165, 1.54) is 31.5 Å². The van der Waals surface area contributed by atoms with Crippen molar-refractivity contribution in [2.24, 2.45) is 5.10 Å². The van der Waals surface area contributed by atoms with Crippen LogP contribution >= 0.6 is 15.9 Å². The number of ether oxygens (including phenoxy) is 3. The maximum Gasteiger partial charge on any atom is 0.264 e. The molecular formula is C30H33BrN4O7S. The van der Waals surface area contributed by atoms with Crippen LogP contribution in [0.1, 0.15) is 24.0 Å². The number of nitrogens with one attached hydrogen (secondary N) is 2. The summed E-state index contributed by atoms with van der Waals surface area (Å²) >= 11 is 3.32. The van der Waals surface area contributed by atoms with Crippen LogP contribution in [-0.2, 0) is 24.3 Å². The summed E-state index contributed by atoms with van der Waals surface area (Å²) in [4.78, 5) is 24.8. The van der Waals surface area contributed by atoms with Gasteiger partial charge in [-0.2, -0.15) is 5.10 Å². The lowest BCUT2D eigenvalue weighted by atomic mass is 10.2. The maximum absolute atomic E-state index is 13.6. The standard InChI is InChI=1S/C30H33BrN4O7S/c1-21-5-9-23(10-6-21)35(43(38,39)26-13-14-28(40-2)27(31)16-26)19-29(36)34-33-17-22-7-11-24(12-8-22)42-20-30(37)32-18-25-4-3-15-41-25/h5-14,16-17,25H,3-4,15,18-20H2,1-2H3,(H,32,37)(H,34,36)/b33-17-/t25-/m1/s1. The molecule has 0 radical (unpaired) electrons. The second-order valence-electron chi connectivity index (χ2n) is 9.73. The molecule has 3 aromatic carbocycles. The Morgan fingerprint density at radius 2 is 1.84 bits per heavy atom. The SMILES string of the molecule is COc1ccc(S(=O)(=O)N(CC(=O)N/N=C\c2ccc(OCC(=O)NC[C@H]3CCCO3)cc2)c2ccc(C)cc2)cc1Br. The number of hydrogen-bond donors (Lipinski definition) is 2. The summed E-state index contributed by atoms with van der Waals surface area (Å²) in [5.41, 5.74) is 4.31. The van der Waals surface area contributed by atoms with Crippen molar-refractivity contribution in [3.63, 3.8) is 0 Å². The third-order valence-electron chi connectivity index (χ3n) is 6.52. The number of benzene rings is 3. The van der Waals surface area contributed by atoms with E-state index in [9.17, 15) is 18.0 Å². The molecule has 4 rings (SSSR count). The molecule has 1 aliphatic rings. The molecule has 1 atom stereocenters. The minimum Gasteiger partial charge on any atom is -0.496 e. The molecule has 1 aliphatic heterocycles. The van der Waals surface area contributed by atoms with E-state index in [1.54, 1.807) is 48.5 Å². The lowest BCUT2D eigenvalue weighted by molar-refractivity contribution is -0.123. The molecule has 1 fully saturated rings. The van der Waals surface area contributed by atoms with Gasteiger partial charge in [-0.05, 0) is 95.9 Å². The van der Waals surface area contributed by atoms with Gasteiger partial charge in [0.05, 0.1) is 34.5 Å². The van der Waals surface area contributed by atoms with Crippen molar-refractivity contribution >= 4 is 49.7 Å². The Bertz CT molecular complexity index is 1540. The highest BCUT2D eigenvalue weighted by molar-refractivity contribution is 9.10. The van der Waals surface area contributed by atoms with E-state index < -0.39 is 22.5 Å². The molecular weight excluding hydrogens is 640 g/mol. The van der Waals surface area contributed by atoms with E-state index in [1.807, 2.05) is 6.92 Å². The van der Waals surface area contributed by atoms with Crippen LogP contribution in [0.3, 0.4) is 0 Å². The molecule has 43 heavy (non-hydrogen) atoms. The summed E-state index contributed by atoms with van der Waals surface area (Å²) in [5.74, 6) is 0.104. The molecule has 2 amide bonds. The summed E-state index contributed by atoms with van der Waals surface area (Å²) < 4.78 is 45.0. The predicted octanol–water partition coefficient (Wildman–Crippen LogP) is 3.79. The molecule has 0 bridgehead atoms. The second kappa shape index (κ2) is 15.0. The van der Waals surface area contributed by atoms with E-state index in [4.69, 9.17) is 14.2 Å². The number of hydrazone groups is 1. The van der Waals surface area contributed by atoms with Gasteiger partial charge in [0.15, 0.2) is 6.61 Å². The van der Waals surface area contributed by atoms with Crippen molar-refractivity contribution < 1.29 is 32.2 Å². The van der Waals surface area contributed by atoms with Crippen LogP contribution in [-0.4, -0.2) is 66.0 Å². The topological polar surface area (TPSA) is 136 Å². The number of carbonyl (C=O) groups excluding carboxylic acids is 2. The number of anilines is 1. The number of hydrogen-bond acceptors (Lipinski definition) is 8. The molecule has 0 unspecified atom stereocenters. The van der Waals surface area contributed by atoms with Gasteiger partial charge in [-0.15, -0.1) is 0 Å². The van der Waals surface area contributed by atoms with Crippen LogP contribution in [0.15, 0.2) is 81.2 Å². The average molecular weight is 674 g/mol. The molecule has 1 saturated heterocycles. The van der Waals surface area contributed by atoms with Gasteiger partial charge in [-0.3, -0.25) is 13.9 Å². The third kappa shape index (κ3) is 9.02. The highest BCUT2D eigenvalue weighted by atomic mass is 79.9. The minimum absolute atomic E-state index is 0.0142. The van der Waals surface area contributed by atoms with Gasteiger partial charge in [0.25, 0.3) is 21.8 Å². The zero-order valence-electron chi connectivity index (χ0n) is 23.8. The van der Waals surface area contributed by atoms with Gasteiger partial charge >= 0.3 is 0 Å². The van der Waals surface area contributed by atoms with E-state index >= 15 is 0 Å². The molecule has 1 heterocycles. The van der Waals surface area contributed by atoms with Gasteiger partial charge in [0.2, 0.25) is 0 Å². The van der Waals surface area contributed by atoms with Crippen LogP contribution in [0, 0.1) is 6.92 Å². The quantitative estimate of drug-likeness (QED) is 0.208. The summed E-state index contributed by atoms with van der Waals surface area (Å²) in [6.45, 7) is 2.45. The Morgan fingerprint density at radius 3 is 2.49 bits per heavy atom. The first kappa shape index (κ1) is 32.0. The van der Waals surface area contributed by atoms with Crippen LogP contribution in [0.4, 0.5) is 5.69 Å².